The van der Waals surface area contributed by atoms with Gasteiger partial charge in [-0.3, -0.25) is 4.68 Å². The van der Waals surface area contributed by atoms with Crippen LogP contribution in [0.5, 0.6) is 0 Å². The lowest BCUT2D eigenvalue weighted by molar-refractivity contribution is 0.318. The summed E-state index contributed by atoms with van der Waals surface area (Å²) in [6, 6.07) is 0. The van der Waals surface area contributed by atoms with E-state index in [-0.39, 0.29) is 24.0 Å². The molecule has 0 radical (unpaired) electrons. The predicted molar refractivity (Wildman–Crippen MR) is 61.5 cm³/mol. The number of sulfone groups is 1. The first-order chi connectivity index (χ1) is 7.86. The molecule has 0 saturated carbocycles. The van der Waals surface area contributed by atoms with E-state index in [1.807, 2.05) is 0 Å². The summed E-state index contributed by atoms with van der Waals surface area (Å²) in [4.78, 5) is 3.77. The van der Waals surface area contributed by atoms with E-state index in [2.05, 4.69) is 15.2 Å². The Balaban J connectivity index is 2.69. The SMILES string of the molecule is CC(C)S(=O)(=O)CCn1cnc(C(N)=NO)n1. The molecule has 96 valence electrons. The zero-order valence-corrected chi connectivity index (χ0v) is 10.4. The topological polar surface area (TPSA) is 123 Å². The molecule has 1 heterocycles. The standard InChI is InChI=1S/C8H15N5O3S/c1-6(2)17(15,16)4-3-13-5-10-8(11-13)7(9)12-14/h5-6,14H,3-4H2,1-2H3,(H2,9,12). The second-order valence-corrected chi connectivity index (χ2v) is 6.41. The number of aromatic nitrogens is 3. The number of hydrogen-bond acceptors (Lipinski definition) is 6. The highest BCUT2D eigenvalue weighted by Crippen LogP contribution is 2.01. The summed E-state index contributed by atoms with van der Waals surface area (Å²) in [5.74, 6) is -0.172. The Morgan fingerprint density at radius 2 is 2.29 bits per heavy atom. The molecule has 0 spiro atoms. The van der Waals surface area contributed by atoms with Gasteiger partial charge in [-0.15, -0.1) is 5.10 Å². The van der Waals surface area contributed by atoms with E-state index in [9.17, 15) is 8.42 Å². The second-order valence-electron chi connectivity index (χ2n) is 3.73. The number of oxime groups is 1. The van der Waals surface area contributed by atoms with Crippen LogP contribution in [-0.4, -0.2) is 45.2 Å². The quantitative estimate of drug-likeness (QED) is 0.309. The fourth-order valence-electron chi connectivity index (χ4n) is 1.02. The Labute approximate surface area is 99.1 Å². The highest BCUT2D eigenvalue weighted by Gasteiger charge is 2.16. The predicted octanol–water partition coefficient (Wildman–Crippen LogP) is -0.804. The number of amidine groups is 1. The van der Waals surface area contributed by atoms with Crippen LogP contribution in [0.1, 0.15) is 19.7 Å². The molecule has 0 fully saturated rings. The Kier molecular flexibility index (Phi) is 4.05. The van der Waals surface area contributed by atoms with Gasteiger partial charge in [-0.2, -0.15) is 0 Å². The fraction of sp³-hybridized carbons (Fsp3) is 0.625. The van der Waals surface area contributed by atoms with Crippen LogP contribution in [0.15, 0.2) is 11.5 Å². The summed E-state index contributed by atoms with van der Waals surface area (Å²) in [5, 5.41) is 14.6. The fourth-order valence-corrected chi connectivity index (χ4v) is 1.93. The molecule has 0 aliphatic heterocycles. The van der Waals surface area contributed by atoms with Crippen LogP contribution in [-0.2, 0) is 16.4 Å². The van der Waals surface area contributed by atoms with E-state index in [0.717, 1.165) is 0 Å². The molecule has 1 aromatic heterocycles. The summed E-state index contributed by atoms with van der Waals surface area (Å²) in [6.07, 6.45) is 1.34. The Bertz CT molecular complexity index is 505. The lowest BCUT2D eigenvalue weighted by Gasteiger charge is -2.06. The van der Waals surface area contributed by atoms with E-state index in [1.54, 1.807) is 13.8 Å². The summed E-state index contributed by atoms with van der Waals surface area (Å²) in [6.45, 7) is 3.43. The number of nitrogens with zero attached hydrogens (tertiary/aromatic N) is 4. The molecule has 1 aromatic rings. The van der Waals surface area contributed by atoms with Crippen LogP contribution in [0.3, 0.4) is 0 Å². The molecule has 0 bridgehead atoms. The average Bonchev–Trinajstić information content (AvgIpc) is 2.74. The van der Waals surface area contributed by atoms with Crippen molar-refractivity contribution in [2.24, 2.45) is 10.9 Å². The molecule has 0 atom stereocenters. The van der Waals surface area contributed by atoms with Gasteiger partial charge in [0.1, 0.15) is 6.33 Å². The van der Waals surface area contributed by atoms with Gasteiger partial charge in [-0.05, 0) is 13.8 Å². The van der Waals surface area contributed by atoms with Crippen LogP contribution in [0.25, 0.3) is 0 Å². The lowest BCUT2D eigenvalue weighted by atomic mass is 10.6. The molecule has 1 rings (SSSR count). The van der Waals surface area contributed by atoms with Gasteiger partial charge in [0.2, 0.25) is 11.7 Å². The molecule has 0 amide bonds. The molecule has 0 aliphatic rings. The maximum absolute atomic E-state index is 11.6. The minimum atomic E-state index is -3.11. The van der Waals surface area contributed by atoms with Gasteiger partial charge in [0.15, 0.2) is 9.84 Å². The van der Waals surface area contributed by atoms with Crippen molar-refractivity contribution in [2.75, 3.05) is 5.75 Å². The van der Waals surface area contributed by atoms with Crippen molar-refractivity contribution in [3.8, 4) is 0 Å². The highest BCUT2D eigenvalue weighted by molar-refractivity contribution is 7.91. The molecule has 0 saturated heterocycles. The normalized spacial score (nSPS) is 13.2. The van der Waals surface area contributed by atoms with Crippen molar-refractivity contribution in [2.45, 2.75) is 25.6 Å². The van der Waals surface area contributed by atoms with Crippen LogP contribution in [0, 0.1) is 0 Å². The summed E-state index contributed by atoms with van der Waals surface area (Å²) in [7, 11) is -3.11. The van der Waals surface area contributed by atoms with Crippen molar-refractivity contribution in [3.63, 3.8) is 0 Å². The Morgan fingerprint density at radius 3 is 2.82 bits per heavy atom. The zero-order valence-electron chi connectivity index (χ0n) is 9.61. The van der Waals surface area contributed by atoms with Gasteiger partial charge >= 0.3 is 0 Å². The molecule has 3 N–H and O–H groups in total. The minimum absolute atomic E-state index is 0.0242. The van der Waals surface area contributed by atoms with Crippen molar-refractivity contribution >= 4 is 15.7 Å². The zero-order chi connectivity index (χ0) is 13.1. The number of nitrogens with two attached hydrogens (primary N) is 1. The van der Waals surface area contributed by atoms with Crippen molar-refractivity contribution in [1.82, 2.24) is 14.8 Å². The Morgan fingerprint density at radius 1 is 1.65 bits per heavy atom. The van der Waals surface area contributed by atoms with Crippen molar-refractivity contribution in [1.29, 1.82) is 0 Å². The van der Waals surface area contributed by atoms with Gasteiger partial charge in [-0.1, -0.05) is 5.16 Å². The van der Waals surface area contributed by atoms with E-state index >= 15 is 0 Å². The second kappa shape index (κ2) is 5.13. The van der Waals surface area contributed by atoms with Gasteiger partial charge in [0, 0.05) is 0 Å². The molecule has 0 aromatic carbocycles. The first kappa shape index (κ1) is 13.4. The van der Waals surface area contributed by atoms with E-state index < -0.39 is 15.1 Å². The minimum Gasteiger partial charge on any atom is -0.409 e. The Hall–Kier alpha value is -1.64. The van der Waals surface area contributed by atoms with Crippen LogP contribution in [0.4, 0.5) is 0 Å². The van der Waals surface area contributed by atoms with Crippen LogP contribution in [0.2, 0.25) is 0 Å². The van der Waals surface area contributed by atoms with Crippen molar-refractivity contribution < 1.29 is 13.6 Å². The van der Waals surface area contributed by atoms with E-state index in [0.29, 0.717) is 0 Å². The maximum atomic E-state index is 11.6. The number of rotatable bonds is 5. The largest absolute Gasteiger partial charge is 0.409 e. The monoisotopic (exact) mass is 261 g/mol. The van der Waals surface area contributed by atoms with Gasteiger partial charge in [-0.25, -0.2) is 13.4 Å². The third-order valence-electron chi connectivity index (χ3n) is 2.20. The third-order valence-corrected chi connectivity index (χ3v) is 4.38. The number of hydrogen-bond donors (Lipinski definition) is 2. The molecule has 8 nitrogen and oxygen atoms in total. The first-order valence-electron chi connectivity index (χ1n) is 4.95. The van der Waals surface area contributed by atoms with Crippen LogP contribution < -0.4 is 5.73 Å². The molecular weight excluding hydrogens is 246 g/mol. The van der Waals surface area contributed by atoms with Crippen LogP contribution >= 0.6 is 0 Å². The third kappa shape index (κ3) is 3.41. The van der Waals surface area contributed by atoms with Gasteiger partial charge < -0.3 is 10.9 Å². The average molecular weight is 261 g/mol. The van der Waals surface area contributed by atoms with E-state index in [1.165, 1.54) is 11.0 Å². The van der Waals surface area contributed by atoms with Gasteiger partial charge in [0.05, 0.1) is 17.5 Å². The molecule has 0 unspecified atom stereocenters. The smallest absolute Gasteiger partial charge is 0.219 e. The lowest BCUT2D eigenvalue weighted by Crippen LogP contribution is -2.21. The van der Waals surface area contributed by atoms with Crippen molar-refractivity contribution in [3.05, 3.63) is 12.2 Å². The number of aryl methyl sites for hydroxylation is 1. The highest BCUT2D eigenvalue weighted by atomic mass is 32.2. The first-order valence-corrected chi connectivity index (χ1v) is 6.67. The van der Waals surface area contributed by atoms with E-state index in [4.69, 9.17) is 10.9 Å². The molecule has 0 aliphatic carbocycles. The summed E-state index contributed by atoms with van der Waals surface area (Å²) < 4.78 is 24.4. The molecular formula is C8H15N5O3S. The molecule has 9 heteroatoms. The summed E-state index contributed by atoms with van der Waals surface area (Å²) >= 11 is 0. The van der Waals surface area contributed by atoms with Gasteiger partial charge in [0.25, 0.3) is 0 Å². The maximum Gasteiger partial charge on any atom is 0.219 e. The molecule has 17 heavy (non-hydrogen) atoms. The summed E-state index contributed by atoms with van der Waals surface area (Å²) in [5.41, 5.74) is 5.28.